The van der Waals surface area contributed by atoms with Crippen LogP contribution in [-0.4, -0.2) is 41.1 Å². The summed E-state index contributed by atoms with van der Waals surface area (Å²) in [5.74, 6) is 0.403. The van der Waals surface area contributed by atoms with Gasteiger partial charge in [-0.2, -0.15) is 0 Å². The number of carbonyl (C=O) groups is 1. The maximum Gasteiger partial charge on any atom is 0.217 e. The van der Waals surface area contributed by atoms with E-state index >= 15 is 0 Å². The number of piperidine rings is 1. The van der Waals surface area contributed by atoms with E-state index in [-0.39, 0.29) is 5.91 Å². The fourth-order valence-corrected chi connectivity index (χ4v) is 2.99. The van der Waals surface area contributed by atoms with E-state index in [0.29, 0.717) is 17.8 Å². The molecule has 4 nitrogen and oxygen atoms in total. The Morgan fingerprint density at radius 2 is 1.95 bits per heavy atom. The number of hydrogen-bond donors (Lipinski definition) is 2. The normalized spacial score (nSPS) is 18.4. The Morgan fingerprint density at radius 1 is 1.33 bits per heavy atom. The van der Waals surface area contributed by atoms with E-state index in [0.717, 1.165) is 38.8 Å². The van der Waals surface area contributed by atoms with Crippen molar-refractivity contribution < 1.29 is 9.90 Å². The van der Waals surface area contributed by atoms with Crippen molar-refractivity contribution in [2.75, 3.05) is 13.1 Å². The summed E-state index contributed by atoms with van der Waals surface area (Å²) >= 11 is 0. The molecule has 1 aliphatic heterocycles. The minimum absolute atomic E-state index is 0.0776. The number of carbonyl (C=O) groups excluding carboxylic acids is 1. The minimum Gasteiger partial charge on any atom is -0.508 e. The Morgan fingerprint density at radius 3 is 2.52 bits per heavy atom. The van der Waals surface area contributed by atoms with Gasteiger partial charge in [0.15, 0.2) is 0 Å². The largest absolute Gasteiger partial charge is 0.508 e. The van der Waals surface area contributed by atoms with Crippen LogP contribution >= 0.6 is 0 Å². The lowest BCUT2D eigenvalue weighted by molar-refractivity contribution is -0.120. The highest BCUT2D eigenvalue weighted by molar-refractivity contribution is 5.73. The summed E-state index contributed by atoms with van der Waals surface area (Å²) < 4.78 is 0. The molecule has 0 aliphatic carbocycles. The lowest BCUT2D eigenvalue weighted by atomic mass is 10.00. The van der Waals surface area contributed by atoms with Gasteiger partial charge in [-0.15, -0.1) is 0 Å². The fraction of sp³-hybridized carbons (Fsp3) is 0.588. The second-order valence-corrected chi connectivity index (χ2v) is 6.06. The third kappa shape index (κ3) is 5.05. The van der Waals surface area contributed by atoms with Crippen LogP contribution in [-0.2, 0) is 11.2 Å². The molecule has 0 aromatic heterocycles. The van der Waals surface area contributed by atoms with Crippen LogP contribution in [0.1, 0.15) is 38.7 Å². The number of amides is 1. The maximum atomic E-state index is 11.1. The smallest absolute Gasteiger partial charge is 0.217 e. The first-order chi connectivity index (χ1) is 10.0. The second-order valence-electron chi connectivity index (χ2n) is 6.06. The molecule has 1 atom stereocenters. The van der Waals surface area contributed by atoms with E-state index in [1.807, 2.05) is 12.1 Å². The number of aryl methyl sites for hydroxylation is 1. The van der Waals surface area contributed by atoms with Gasteiger partial charge < -0.3 is 15.3 Å². The molecule has 1 saturated heterocycles. The number of phenols is 1. The number of rotatable bonds is 5. The molecule has 116 valence electrons. The average Bonchev–Trinajstić information content (AvgIpc) is 2.46. The monoisotopic (exact) mass is 290 g/mol. The quantitative estimate of drug-likeness (QED) is 0.875. The maximum absolute atomic E-state index is 11.1. The summed E-state index contributed by atoms with van der Waals surface area (Å²) in [7, 11) is 0. The molecule has 1 aliphatic rings. The summed E-state index contributed by atoms with van der Waals surface area (Å²) in [4.78, 5) is 13.6. The van der Waals surface area contributed by atoms with Crippen LogP contribution in [0.4, 0.5) is 0 Å². The summed E-state index contributed by atoms with van der Waals surface area (Å²) in [6.07, 6.45) is 4.24. The Hall–Kier alpha value is -1.55. The van der Waals surface area contributed by atoms with E-state index in [4.69, 9.17) is 0 Å². The summed E-state index contributed by atoms with van der Waals surface area (Å²) in [6.45, 7) is 5.98. The zero-order valence-electron chi connectivity index (χ0n) is 13.0. The van der Waals surface area contributed by atoms with E-state index in [2.05, 4.69) is 17.1 Å². The average molecular weight is 290 g/mol. The Kier molecular flexibility index (Phi) is 5.62. The summed E-state index contributed by atoms with van der Waals surface area (Å²) in [6, 6.07) is 8.38. The van der Waals surface area contributed by atoms with Crippen molar-refractivity contribution in [3.63, 3.8) is 0 Å². The van der Waals surface area contributed by atoms with Gasteiger partial charge in [-0.05, 0) is 50.3 Å². The number of aromatic hydroxyl groups is 1. The van der Waals surface area contributed by atoms with Crippen LogP contribution in [0.3, 0.4) is 0 Å². The standard InChI is InChI=1S/C17H26N2O2/c1-13(3-4-15-5-7-17(21)8-6-15)19-11-9-16(10-12-19)18-14(2)20/h5-8,13,16,21H,3-4,9-12H2,1-2H3,(H,18,20). The number of likely N-dealkylation sites (tertiary alicyclic amines) is 1. The lowest BCUT2D eigenvalue weighted by Gasteiger charge is -2.36. The van der Waals surface area contributed by atoms with Gasteiger partial charge in [-0.1, -0.05) is 12.1 Å². The van der Waals surface area contributed by atoms with E-state index in [9.17, 15) is 9.90 Å². The number of benzene rings is 1. The van der Waals surface area contributed by atoms with E-state index in [1.54, 1.807) is 19.1 Å². The van der Waals surface area contributed by atoms with Gasteiger partial charge >= 0.3 is 0 Å². The van der Waals surface area contributed by atoms with Crippen LogP contribution in [0, 0.1) is 0 Å². The van der Waals surface area contributed by atoms with E-state index in [1.165, 1.54) is 5.56 Å². The molecule has 1 unspecified atom stereocenters. The molecule has 0 radical (unpaired) electrons. The number of hydrogen-bond acceptors (Lipinski definition) is 3. The molecule has 4 heteroatoms. The van der Waals surface area contributed by atoms with Crippen molar-refractivity contribution in [3.8, 4) is 5.75 Å². The number of nitrogens with zero attached hydrogens (tertiary/aromatic N) is 1. The molecule has 1 aromatic carbocycles. The SMILES string of the molecule is CC(=O)NC1CCN(C(C)CCc2ccc(O)cc2)CC1. The highest BCUT2D eigenvalue weighted by Gasteiger charge is 2.22. The van der Waals surface area contributed by atoms with Gasteiger partial charge in [0, 0.05) is 32.1 Å². The predicted molar refractivity (Wildman–Crippen MR) is 84.3 cm³/mol. The van der Waals surface area contributed by atoms with Gasteiger partial charge in [0.25, 0.3) is 0 Å². The number of nitrogens with one attached hydrogen (secondary N) is 1. The zero-order valence-corrected chi connectivity index (χ0v) is 13.0. The van der Waals surface area contributed by atoms with Crippen molar-refractivity contribution in [1.29, 1.82) is 0 Å². The van der Waals surface area contributed by atoms with Crippen molar-refractivity contribution in [2.45, 2.75) is 51.6 Å². The van der Waals surface area contributed by atoms with Crippen molar-refractivity contribution >= 4 is 5.91 Å². The van der Waals surface area contributed by atoms with E-state index < -0.39 is 0 Å². The predicted octanol–water partition coefficient (Wildman–Crippen LogP) is 2.31. The zero-order chi connectivity index (χ0) is 15.2. The molecule has 2 rings (SSSR count). The third-order valence-corrected chi connectivity index (χ3v) is 4.35. The second kappa shape index (κ2) is 7.46. The van der Waals surface area contributed by atoms with Gasteiger partial charge in [-0.3, -0.25) is 4.79 Å². The molecule has 2 N–H and O–H groups in total. The molecular weight excluding hydrogens is 264 g/mol. The molecule has 0 saturated carbocycles. The van der Waals surface area contributed by atoms with Gasteiger partial charge in [0.1, 0.15) is 5.75 Å². The summed E-state index contributed by atoms with van der Waals surface area (Å²) in [5.41, 5.74) is 1.27. The van der Waals surface area contributed by atoms with Crippen LogP contribution < -0.4 is 5.32 Å². The van der Waals surface area contributed by atoms with Gasteiger partial charge in [-0.25, -0.2) is 0 Å². The molecule has 0 spiro atoms. The molecule has 21 heavy (non-hydrogen) atoms. The molecular formula is C17H26N2O2. The highest BCUT2D eigenvalue weighted by Crippen LogP contribution is 2.17. The van der Waals surface area contributed by atoms with Crippen LogP contribution in [0.25, 0.3) is 0 Å². The molecule has 0 bridgehead atoms. The van der Waals surface area contributed by atoms with Crippen LogP contribution in [0.15, 0.2) is 24.3 Å². The van der Waals surface area contributed by atoms with Crippen molar-refractivity contribution in [1.82, 2.24) is 10.2 Å². The minimum atomic E-state index is 0.0776. The Balaban J connectivity index is 1.73. The lowest BCUT2D eigenvalue weighted by Crippen LogP contribution is -2.46. The highest BCUT2D eigenvalue weighted by atomic mass is 16.3. The number of phenolic OH excluding ortho intramolecular Hbond substituents is 1. The molecule has 1 amide bonds. The topological polar surface area (TPSA) is 52.6 Å². The molecule has 1 aromatic rings. The molecule has 1 heterocycles. The van der Waals surface area contributed by atoms with Crippen molar-refractivity contribution in [3.05, 3.63) is 29.8 Å². The van der Waals surface area contributed by atoms with Crippen LogP contribution in [0.2, 0.25) is 0 Å². The first-order valence-electron chi connectivity index (χ1n) is 7.83. The fourth-order valence-electron chi connectivity index (χ4n) is 2.99. The Bertz CT molecular complexity index is 450. The van der Waals surface area contributed by atoms with Crippen molar-refractivity contribution in [2.24, 2.45) is 0 Å². The summed E-state index contributed by atoms with van der Waals surface area (Å²) in [5, 5.41) is 12.3. The van der Waals surface area contributed by atoms with Gasteiger partial charge in [0.05, 0.1) is 0 Å². The molecule has 1 fully saturated rings. The van der Waals surface area contributed by atoms with Crippen LogP contribution in [0.5, 0.6) is 5.75 Å². The third-order valence-electron chi connectivity index (χ3n) is 4.35. The first kappa shape index (κ1) is 15.8. The van der Waals surface area contributed by atoms with Gasteiger partial charge in [0.2, 0.25) is 5.91 Å². The first-order valence-corrected chi connectivity index (χ1v) is 7.83. The Labute approximate surface area is 127 Å².